The van der Waals surface area contributed by atoms with Gasteiger partial charge in [0.05, 0.1) is 29.8 Å². The van der Waals surface area contributed by atoms with Crippen molar-refractivity contribution in [3.63, 3.8) is 0 Å². The van der Waals surface area contributed by atoms with Crippen molar-refractivity contribution < 1.29 is 18.5 Å². The number of para-hydroxylation sites is 1. The van der Waals surface area contributed by atoms with Crippen LogP contribution in [0.2, 0.25) is 0 Å². The molecule has 0 aliphatic carbocycles. The lowest BCUT2D eigenvalue weighted by atomic mass is 10.2. The second kappa shape index (κ2) is 10.8. The monoisotopic (exact) mass is 476 g/mol. The number of hydrogen-bond acceptors (Lipinski definition) is 5. The van der Waals surface area contributed by atoms with E-state index in [1.807, 2.05) is 59.4 Å². The number of esters is 1. The van der Waals surface area contributed by atoms with Crippen LogP contribution >= 0.6 is 0 Å². The number of aromatic nitrogens is 3. The average molecular weight is 477 g/mol. The number of anilines is 1. The molecule has 9 heteroatoms. The summed E-state index contributed by atoms with van der Waals surface area (Å²) in [6, 6.07) is 19.9. The van der Waals surface area contributed by atoms with E-state index in [-0.39, 0.29) is 18.1 Å². The number of rotatable bonds is 9. The molecule has 1 amide bonds. The molecule has 0 saturated carbocycles. The molecule has 0 bridgehead atoms. The maximum absolute atomic E-state index is 12.9. The molecule has 8 nitrogen and oxygen atoms in total. The number of carbonyl (C=O) groups is 2. The number of hydrogen-bond donors (Lipinski definition) is 1. The van der Waals surface area contributed by atoms with Crippen LogP contribution in [0.15, 0.2) is 85.3 Å². The van der Waals surface area contributed by atoms with Crippen molar-refractivity contribution in [2.24, 2.45) is 0 Å². The van der Waals surface area contributed by atoms with Gasteiger partial charge in [-0.2, -0.15) is 5.10 Å². The predicted octanol–water partition coefficient (Wildman–Crippen LogP) is 3.73. The molecule has 1 N–H and O–H groups in total. The van der Waals surface area contributed by atoms with Gasteiger partial charge in [0.1, 0.15) is 11.6 Å². The molecular formula is C25H24N4O4S. The Morgan fingerprint density at radius 2 is 1.79 bits per heavy atom. The molecule has 0 spiro atoms. The number of ether oxygens (including phenoxy) is 1. The van der Waals surface area contributed by atoms with Crippen molar-refractivity contribution in [1.29, 1.82) is 0 Å². The highest BCUT2D eigenvalue weighted by Gasteiger charge is 2.18. The van der Waals surface area contributed by atoms with Crippen LogP contribution in [0.4, 0.5) is 5.69 Å². The van der Waals surface area contributed by atoms with Crippen molar-refractivity contribution in [2.45, 2.75) is 12.7 Å². The third kappa shape index (κ3) is 5.49. The van der Waals surface area contributed by atoms with Gasteiger partial charge in [0.2, 0.25) is 5.91 Å². The number of carbonyl (C=O) groups excluding carboxylic acids is 2. The number of amides is 1. The van der Waals surface area contributed by atoms with Crippen molar-refractivity contribution >= 4 is 28.4 Å². The number of nitrogens with one attached hydrogen (secondary N) is 1. The van der Waals surface area contributed by atoms with E-state index in [1.165, 1.54) is 6.07 Å². The maximum atomic E-state index is 12.9. The van der Waals surface area contributed by atoms with Crippen molar-refractivity contribution in [1.82, 2.24) is 14.3 Å². The van der Waals surface area contributed by atoms with E-state index < -0.39 is 22.7 Å². The Morgan fingerprint density at radius 1 is 1.03 bits per heavy atom. The molecule has 0 fully saturated rings. The van der Waals surface area contributed by atoms with Gasteiger partial charge < -0.3 is 14.6 Å². The quantitative estimate of drug-likeness (QED) is 0.372. The highest BCUT2D eigenvalue weighted by atomic mass is 32.2. The summed E-state index contributed by atoms with van der Waals surface area (Å²) in [6.45, 7) is 1.99. The third-order valence-electron chi connectivity index (χ3n) is 4.93. The van der Waals surface area contributed by atoms with Gasteiger partial charge >= 0.3 is 5.97 Å². The SMILES string of the molecule is CCOC(=O)c1cccc(NC(=O)CS(=O)Cc2cnn(-c3ccccc3)c2-n2cccc2)c1. The molecule has 1 unspecified atom stereocenters. The summed E-state index contributed by atoms with van der Waals surface area (Å²) in [5.74, 6) is -0.124. The molecule has 1 atom stereocenters. The third-order valence-corrected chi connectivity index (χ3v) is 6.15. The number of benzene rings is 2. The van der Waals surface area contributed by atoms with Gasteiger partial charge in [0.15, 0.2) is 0 Å². The van der Waals surface area contributed by atoms with Crippen LogP contribution in [0.1, 0.15) is 22.8 Å². The molecule has 0 aliphatic rings. The van der Waals surface area contributed by atoms with Crippen LogP contribution < -0.4 is 5.32 Å². The topological polar surface area (TPSA) is 95.2 Å². The normalized spacial score (nSPS) is 11.7. The molecular weight excluding hydrogens is 452 g/mol. The van der Waals surface area contributed by atoms with Crippen LogP contribution in [0.25, 0.3) is 11.5 Å². The Labute approximate surface area is 199 Å². The molecule has 34 heavy (non-hydrogen) atoms. The molecule has 4 rings (SSSR count). The second-order valence-corrected chi connectivity index (χ2v) is 8.87. The van der Waals surface area contributed by atoms with Crippen LogP contribution in [0.5, 0.6) is 0 Å². The molecule has 2 heterocycles. The molecule has 4 aromatic rings. The van der Waals surface area contributed by atoms with Gasteiger partial charge in [0, 0.05) is 34.4 Å². The molecule has 174 valence electrons. The van der Waals surface area contributed by atoms with Crippen molar-refractivity contribution in [2.75, 3.05) is 17.7 Å². The van der Waals surface area contributed by atoms with E-state index >= 15 is 0 Å². The van der Waals surface area contributed by atoms with Gasteiger partial charge in [-0.15, -0.1) is 0 Å². The van der Waals surface area contributed by atoms with Crippen LogP contribution in [0.3, 0.4) is 0 Å². The molecule has 2 aromatic heterocycles. The highest BCUT2D eigenvalue weighted by Crippen LogP contribution is 2.21. The van der Waals surface area contributed by atoms with E-state index in [1.54, 1.807) is 36.0 Å². The Balaban J connectivity index is 1.46. The lowest BCUT2D eigenvalue weighted by molar-refractivity contribution is -0.113. The first-order chi connectivity index (χ1) is 16.5. The zero-order chi connectivity index (χ0) is 23.9. The number of nitrogens with zero attached hydrogens (tertiary/aromatic N) is 3. The summed E-state index contributed by atoms with van der Waals surface area (Å²) in [4.78, 5) is 24.4. The van der Waals surface area contributed by atoms with E-state index in [9.17, 15) is 13.8 Å². The minimum Gasteiger partial charge on any atom is -0.462 e. The highest BCUT2D eigenvalue weighted by molar-refractivity contribution is 7.85. The van der Waals surface area contributed by atoms with Gasteiger partial charge in [0.25, 0.3) is 0 Å². The second-order valence-electron chi connectivity index (χ2n) is 7.41. The lowest BCUT2D eigenvalue weighted by Gasteiger charge is -2.11. The summed E-state index contributed by atoms with van der Waals surface area (Å²) in [7, 11) is -1.48. The summed E-state index contributed by atoms with van der Waals surface area (Å²) in [6.07, 6.45) is 5.47. The van der Waals surface area contributed by atoms with E-state index in [0.29, 0.717) is 11.3 Å². The van der Waals surface area contributed by atoms with E-state index in [2.05, 4.69) is 10.4 Å². The van der Waals surface area contributed by atoms with Gasteiger partial charge in [-0.25, -0.2) is 9.48 Å². The first kappa shape index (κ1) is 23.2. The fraction of sp³-hybridized carbons (Fsp3) is 0.160. The van der Waals surface area contributed by atoms with Crippen molar-refractivity contribution in [3.8, 4) is 11.5 Å². The maximum Gasteiger partial charge on any atom is 0.338 e. The van der Waals surface area contributed by atoms with Gasteiger partial charge in [-0.3, -0.25) is 9.00 Å². The summed E-state index contributed by atoms with van der Waals surface area (Å²) >= 11 is 0. The Hall–Kier alpha value is -3.98. The minimum atomic E-state index is -1.48. The fourth-order valence-corrected chi connectivity index (χ4v) is 4.51. The molecule has 2 aromatic carbocycles. The first-order valence-electron chi connectivity index (χ1n) is 10.7. The Kier molecular flexibility index (Phi) is 7.34. The molecule has 0 aliphatic heterocycles. The van der Waals surface area contributed by atoms with Gasteiger partial charge in [-0.1, -0.05) is 24.3 Å². The van der Waals surface area contributed by atoms with Crippen LogP contribution in [-0.4, -0.2) is 42.8 Å². The average Bonchev–Trinajstić information content (AvgIpc) is 3.49. The standard InChI is InChI=1S/C25H24N4O4S/c1-2-33-25(31)19-9-8-10-21(15-19)27-23(30)18-34(32)17-20-16-26-29(22-11-4-3-5-12-22)24(20)28-13-6-7-14-28/h3-16H,2,17-18H2,1H3,(H,27,30). The first-order valence-corrected chi connectivity index (χ1v) is 12.2. The Bertz CT molecular complexity index is 1300. The Morgan fingerprint density at radius 3 is 2.53 bits per heavy atom. The van der Waals surface area contributed by atoms with Crippen LogP contribution in [-0.2, 0) is 26.1 Å². The zero-order valence-electron chi connectivity index (χ0n) is 18.6. The smallest absolute Gasteiger partial charge is 0.338 e. The van der Waals surface area contributed by atoms with Crippen LogP contribution in [0, 0.1) is 0 Å². The molecule has 0 saturated heterocycles. The van der Waals surface area contributed by atoms with Gasteiger partial charge in [-0.05, 0) is 49.4 Å². The van der Waals surface area contributed by atoms with Crippen molar-refractivity contribution in [3.05, 3.63) is 96.4 Å². The largest absolute Gasteiger partial charge is 0.462 e. The summed E-state index contributed by atoms with van der Waals surface area (Å²) in [5.41, 5.74) is 2.42. The molecule has 0 radical (unpaired) electrons. The minimum absolute atomic E-state index is 0.163. The predicted molar refractivity (Wildman–Crippen MR) is 131 cm³/mol. The zero-order valence-corrected chi connectivity index (χ0v) is 19.4. The fourth-order valence-electron chi connectivity index (χ4n) is 3.49. The lowest BCUT2D eigenvalue weighted by Crippen LogP contribution is -2.20. The van der Waals surface area contributed by atoms with E-state index in [0.717, 1.165) is 17.1 Å². The summed E-state index contributed by atoms with van der Waals surface area (Å²) in [5, 5.41) is 7.20. The summed E-state index contributed by atoms with van der Waals surface area (Å²) < 4.78 is 21.6. The van der Waals surface area contributed by atoms with E-state index in [4.69, 9.17) is 4.74 Å².